The molecule has 0 saturated carbocycles. The fraction of sp³-hybridized carbons (Fsp3) is 0.154. The lowest BCUT2D eigenvalue weighted by molar-refractivity contribution is 0.0688. The SMILES string of the molecule is CCOc1ccc(-n2cc(Br)cc2C(=O)O)cc1F. The Morgan fingerprint density at radius 2 is 2.21 bits per heavy atom. The zero-order valence-corrected chi connectivity index (χ0v) is 11.6. The molecule has 0 bridgehead atoms. The summed E-state index contributed by atoms with van der Waals surface area (Å²) in [4.78, 5) is 11.1. The van der Waals surface area contributed by atoms with Crippen LogP contribution in [0.4, 0.5) is 4.39 Å². The van der Waals surface area contributed by atoms with Crippen molar-refractivity contribution in [2.45, 2.75) is 6.92 Å². The van der Waals surface area contributed by atoms with Gasteiger partial charge in [-0.3, -0.25) is 0 Å². The van der Waals surface area contributed by atoms with E-state index in [1.54, 1.807) is 19.2 Å². The largest absolute Gasteiger partial charge is 0.491 e. The van der Waals surface area contributed by atoms with Crippen molar-refractivity contribution >= 4 is 21.9 Å². The molecule has 0 aliphatic heterocycles. The van der Waals surface area contributed by atoms with Gasteiger partial charge in [0.1, 0.15) is 5.69 Å². The Morgan fingerprint density at radius 3 is 2.79 bits per heavy atom. The van der Waals surface area contributed by atoms with Gasteiger partial charge in [-0.25, -0.2) is 9.18 Å². The Kier molecular flexibility index (Phi) is 3.90. The minimum absolute atomic E-state index is 0.0513. The number of aromatic carboxylic acids is 1. The van der Waals surface area contributed by atoms with Crippen molar-refractivity contribution in [3.63, 3.8) is 0 Å². The molecule has 0 aliphatic carbocycles. The fourth-order valence-corrected chi connectivity index (χ4v) is 2.14. The minimum Gasteiger partial charge on any atom is -0.491 e. The summed E-state index contributed by atoms with van der Waals surface area (Å²) in [5, 5.41) is 9.09. The van der Waals surface area contributed by atoms with Crippen molar-refractivity contribution in [3.05, 3.63) is 46.4 Å². The summed E-state index contributed by atoms with van der Waals surface area (Å²) in [6, 6.07) is 5.78. The summed E-state index contributed by atoms with van der Waals surface area (Å²) in [6.07, 6.45) is 1.57. The van der Waals surface area contributed by atoms with Gasteiger partial charge in [0, 0.05) is 22.4 Å². The normalized spacial score (nSPS) is 10.5. The third-order valence-corrected chi connectivity index (χ3v) is 2.93. The van der Waals surface area contributed by atoms with Crippen molar-refractivity contribution in [1.29, 1.82) is 0 Å². The summed E-state index contributed by atoms with van der Waals surface area (Å²) in [7, 11) is 0. The van der Waals surface area contributed by atoms with E-state index in [4.69, 9.17) is 9.84 Å². The molecule has 0 aliphatic rings. The van der Waals surface area contributed by atoms with Crippen LogP contribution in [0.5, 0.6) is 5.75 Å². The number of hydrogen-bond acceptors (Lipinski definition) is 2. The van der Waals surface area contributed by atoms with E-state index in [1.165, 1.54) is 22.8 Å². The topological polar surface area (TPSA) is 51.5 Å². The molecule has 0 unspecified atom stereocenters. The molecule has 0 spiro atoms. The molecular formula is C13H11BrFNO3. The molecule has 2 aromatic rings. The monoisotopic (exact) mass is 327 g/mol. The Bertz CT molecular complexity index is 624. The first-order chi connectivity index (χ1) is 9.02. The molecule has 100 valence electrons. The number of carboxylic acids is 1. The molecular weight excluding hydrogens is 317 g/mol. The smallest absolute Gasteiger partial charge is 0.352 e. The third-order valence-electron chi connectivity index (χ3n) is 2.50. The Labute approximate surface area is 117 Å². The van der Waals surface area contributed by atoms with Crippen molar-refractivity contribution in [3.8, 4) is 11.4 Å². The minimum atomic E-state index is -1.08. The van der Waals surface area contributed by atoms with Gasteiger partial charge >= 0.3 is 5.97 Å². The maximum absolute atomic E-state index is 13.8. The molecule has 0 amide bonds. The molecule has 1 aromatic carbocycles. The van der Waals surface area contributed by atoms with Crippen LogP contribution in [-0.2, 0) is 0 Å². The lowest BCUT2D eigenvalue weighted by Crippen LogP contribution is -2.06. The summed E-state index contributed by atoms with van der Waals surface area (Å²) in [5.41, 5.74) is 0.472. The number of nitrogens with zero attached hydrogens (tertiary/aromatic N) is 1. The molecule has 19 heavy (non-hydrogen) atoms. The van der Waals surface area contributed by atoms with E-state index in [1.807, 2.05) is 0 Å². The number of carbonyl (C=O) groups is 1. The Morgan fingerprint density at radius 1 is 1.47 bits per heavy atom. The average Bonchev–Trinajstić information content (AvgIpc) is 2.74. The molecule has 0 fully saturated rings. The number of rotatable bonds is 4. The van der Waals surface area contributed by atoms with E-state index < -0.39 is 11.8 Å². The third kappa shape index (κ3) is 2.78. The lowest BCUT2D eigenvalue weighted by Gasteiger charge is -2.09. The Balaban J connectivity index is 2.48. The van der Waals surface area contributed by atoms with E-state index in [-0.39, 0.29) is 11.4 Å². The van der Waals surface area contributed by atoms with Gasteiger partial charge in [0.05, 0.1) is 6.61 Å². The zero-order valence-electron chi connectivity index (χ0n) is 10.1. The van der Waals surface area contributed by atoms with Gasteiger partial charge in [-0.1, -0.05) is 0 Å². The van der Waals surface area contributed by atoms with Crippen LogP contribution in [0.3, 0.4) is 0 Å². The highest BCUT2D eigenvalue weighted by atomic mass is 79.9. The van der Waals surface area contributed by atoms with Crippen LogP contribution in [0.15, 0.2) is 34.9 Å². The first-order valence-corrected chi connectivity index (χ1v) is 6.36. The van der Waals surface area contributed by atoms with Crippen LogP contribution >= 0.6 is 15.9 Å². The van der Waals surface area contributed by atoms with Crippen LogP contribution in [0.2, 0.25) is 0 Å². The first-order valence-electron chi connectivity index (χ1n) is 5.57. The van der Waals surface area contributed by atoms with E-state index in [2.05, 4.69) is 15.9 Å². The summed E-state index contributed by atoms with van der Waals surface area (Å²) >= 11 is 3.20. The van der Waals surface area contributed by atoms with E-state index in [0.29, 0.717) is 16.8 Å². The van der Waals surface area contributed by atoms with Gasteiger partial charge < -0.3 is 14.4 Å². The number of benzene rings is 1. The van der Waals surface area contributed by atoms with Crippen molar-refractivity contribution in [2.24, 2.45) is 0 Å². The molecule has 6 heteroatoms. The number of aromatic nitrogens is 1. The fourth-order valence-electron chi connectivity index (χ4n) is 1.72. The van der Waals surface area contributed by atoms with Gasteiger partial charge in [0.25, 0.3) is 0 Å². The molecule has 0 radical (unpaired) electrons. The highest BCUT2D eigenvalue weighted by molar-refractivity contribution is 9.10. The van der Waals surface area contributed by atoms with Crippen LogP contribution < -0.4 is 4.74 Å². The molecule has 1 heterocycles. The van der Waals surface area contributed by atoms with Crippen LogP contribution in [-0.4, -0.2) is 22.2 Å². The summed E-state index contributed by atoms with van der Waals surface area (Å²) in [5.74, 6) is -1.46. The average molecular weight is 328 g/mol. The number of hydrogen-bond donors (Lipinski definition) is 1. The molecule has 1 aromatic heterocycles. The quantitative estimate of drug-likeness (QED) is 0.935. The molecule has 2 rings (SSSR count). The first kappa shape index (κ1) is 13.6. The van der Waals surface area contributed by atoms with Gasteiger partial charge in [-0.2, -0.15) is 0 Å². The predicted molar refractivity (Wildman–Crippen MR) is 71.6 cm³/mol. The van der Waals surface area contributed by atoms with Gasteiger partial charge in [0.2, 0.25) is 0 Å². The highest BCUT2D eigenvalue weighted by Gasteiger charge is 2.14. The second-order valence-electron chi connectivity index (χ2n) is 3.77. The van der Waals surface area contributed by atoms with Crippen LogP contribution in [0.25, 0.3) is 5.69 Å². The maximum atomic E-state index is 13.8. The maximum Gasteiger partial charge on any atom is 0.352 e. The number of halogens is 2. The van der Waals surface area contributed by atoms with E-state index >= 15 is 0 Å². The van der Waals surface area contributed by atoms with E-state index in [0.717, 1.165) is 0 Å². The summed E-state index contributed by atoms with van der Waals surface area (Å²) < 4.78 is 20.9. The van der Waals surface area contributed by atoms with Crippen LogP contribution in [0.1, 0.15) is 17.4 Å². The van der Waals surface area contributed by atoms with Gasteiger partial charge in [-0.15, -0.1) is 0 Å². The van der Waals surface area contributed by atoms with Gasteiger partial charge in [0.15, 0.2) is 11.6 Å². The lowest BCUT2D eigenvalue weighted by atomic mass is 10.2. The second-order valence-corrected chi connectivity index (χ2v) is 4.68. The van der Waals surface area contributed by atoms with E-state index in [9.17, 15) is 9.18 Å². The predicted octanol–water partition coefficient (Wildman–Crippen LogP) is 3.48. The highest BCUT2D eigenvalue weighted by Crippen LogP contribution is 2.24. The Hall–Kier alpha value is -1.82. The zero-order chi connectivity index (χ0) is 14.0. The second kappa shape index (κ2) is 5.44. The summed E-state index contributed by atoms with van der Waals surface area (Å²) in [6.45, 7) is 2.13. The number of ether oxygens (including phenoxy) is 1. The van der Waals surface area contributed by atoms with Gasteiger partial charge in [-0.05, 0) is 41.1 Å². The van der Waals surface area contributed by atoms with Crippen LogP contribution in [0, 0.1) is 5.82 Å². The molecule has 1 N–H and O–H groups in total. The van der Waals surface area contributed by atoms with Crippen molar-refractivity contribution in [2.75, 3.05) is 6.61 Å². The standard InChI is InChI=1S/C13H11BrFNO3/c1-2-19-12-4-3-9(6-10(12)15)16-7-8(14)5-11(16)13(17)18/h3-7H,2H2,1H3,(H,17,18). The molecule has 0 atom stereocenters. The number of carboxylic acid groups (broad SMARTS) is 1. The van der Waals surface area contributed by atoms with Crippen molar-refractivity contribution < 1.29 is 19.0 Å². The van der Waals surface area contributed by atoms with Crippen molar-refractivity contribution in [1.82, 2.24) is 4.57 Å². The molecule has 0 saturated heterocycles. The molecule has 4 nitrogen and oxygen atoms in total.